The van der Waals surface area contributed by atoms with Crippen molar-refractivity contribution in [1.29, 1.82) is 0 Å². The topological polar surface area (TPSA) is 69.7 Å². The van der Waals surface area contributed by atoms with E-state index in [2.05, 4.69) is 0 Å². The van der Waals surface area contributed by atoms with Gasteiger partial charge in [0.1, 0.15) is 22.5 Å². The van der Waals surface area contributed by atoms with Crippen LogP contribution in [0.1, 0.15) is 18.1 Å². The van der Waals surface area contributed by atoms with Gasteiger partial charge in [-0.15, -0.1) is 0 Å². The molecule has 0 saturated carbocycles. The van der Waals surface area contributed by atoms with Gasteiger partial charge in [0.15, 0.2) is 5.58 Å². The van der Waals surface area contributed by atoms with Gasteiger partial charge in [-0.2, -0.15) is 0 Å². The van der Waals surface area contributed by atoms with Gasteiger partial charge in [-0.25, -0.2) is 9.59 Å². The van der Waals surface area contributed by atoms with E-state index in [0.717, 1.165) is 11.1 Å². The monoisotopic (exact) mass is 372 g/mol. The second kappa shape index (κ2) is 5.96. The van der Waals surface area contributed by atoms with E-state index in [0.29, 0.717) is 17.7 Å². The number of hydrogen-bond acceptors (Lipinski definition) is 5. The molecule has 5 heteroatoms. The molecule has 0 fully saturated rings. The lowest BCUT2D eigenvalue weighted by Crippen LogP contribution is -2.27. The van der Waals surface area contributed by atoms with Gasteiger partial charge in [-0.1, -0.05) is 60.7 Å². The van der Waals surface area contributed by atoms with Crippen molar-refractivity contribution in [2.24, 2.45) is 0 Å². The second-order valence-corrected chi connectivity index (χ2v) is 7.08. The Bertz CT molecular complexity index is 1300. The molecule has 0 N–H and O–H groups in total. The van der Waals surface area contributed by atoms with E-state index >= 15 is 0 Å². The van der Waals surface area contributed by atoms with Crippen LogP contribution < -0.4 is 16.0 Å². The highest BCUT2D eigenvalue weighted by Gasteiger charge is 2.40. The largest absolute Gasteiger partial charge is 0.481 e. The summed E-state index contributed by atoms with van der Waals surface area (Å²) < 4.78 is 17.2. The van der Waals surface area contributed by atoms with Crippen molar-refractivity contribution in [3.8, 4) is 17.1 Å². The van der Waals surface area contributed by atoms with Crippen LogP contribution in [0.25, 0.3) is 22.3 Å². The molecule has 3 heterocycles. The Labute approximate surface area is 159 Å². The summed E-state index contributed by atoms with van der Waals surface area (Å²) in [5.74, 6) is 0.594. The van der Waals surface area contributed by atoms with Crippen LogP contribution in [0.5, 0.6) is 5.75 Å². The van der Waals surface area contributed by atoms with E-state index in [1.54, 1.807) is 6.07 Å². The Hall–Kier alpha value is -3.60. The first-order valence-corrected chi connectivity index (χ1v) is 8.99. The van der Waals surface area contributed by atoms with Gasteiger partial charge in [0, 0.05) is 18.1 Å². The van der Waals surface area contributed by atoms with E-state index in [1.807, 2.05) is 67.6 Å². The molecule has 0 amide bonds. The van der Waals surface area contributed by atoms with Gasteiger partial charge in [0.2, 0.25) is 0 Å². The first-order valence-electron chi connectivity index (χ1n) is 8.99. The Morgan fingerprint density at radius 3 is 2.25 bits per heavy atom. The summed E-state index contributed by atoms with van der Waals surface area (Å²) in [4.78, 5) is 25.4. The summed E-state index contributed by atoms with van der Waals surface area (Å²) in [7, 11) is 0. The van der Waals surface area contributed by atoms with Gasteiger partial charge in [-0.05, 0) is 12.5 Å². The van der Waals surface area contributed by atoms with Crippen molar-refractivity contribution in [2.75, 3.05) is 0 Å². The standard InChI is InChI=1S/C23H16O5/c1-23(15-10-6-3-7-11-15)13-16-20(28-23)19-18(27-21(16)24)12-17(26-22(19)25)14-8-4-2-5-9-14/h2-12H,13H2,1H3. The average Bonchev–Trinajstić information content (AvgIpc) is 3.08. The van der Waals surface area contributed by atoms with E-state index in [-0.39, 0.29) is 16.7 Å². The van der Waals surface area contributed by atoms with Crippen LogP contribution in [0, 0.1) is 0 Å². The Morgan fingerprint density at radius 1 is 0.857 bits per heavy atom. The second-order valence-electron chi connectivity index (χ2n) is 7.08. The predicted molar refractivity (Wildman–Crippen MR) is 105 cm³/mol. The van der Waals surface area contributed by atoms with E-state index < -0.39 is 16.9 Å². The third-order valence-corrected chi connectivity index (χ3v) is 5.15. The molecule has 0 bridgehead atoms. The van der Waals surface area contributed by atoms with Crippen LogP contribution in [0.4, 0.5) is 0 Å². The highest BCUT2D eigenvalue weighted by Crippen LogP contribution is 2.42. The van der Waals surface area contributed by atoms with Gasteiger partial charge in [-0.3, -0.25) is 0 Å². The maximum Gasteiger partial charge on any atom is 0.351 e. The van der Waals surface area contributed by atoms with Crippen molar-refractivity contribution < 1.29 is 13.6 Å². The molecule has 1 aliphatic rings. The number of rotatable bonds is 2. The summed E-state index contributed by atoms with van der Waals surface area (Å²) in [6.45, 7) is 1.90. The lowest BCUT2D eigenvalue weighted by atomic mass is 9.91. The molecular weight excluding hydrogens is 356 g/mol. The zero-order valence-electron chi connectivity index (χ0n) is 15.1. The average molecular weight is 372 g/mol. The van der Waals surface area contributed by atoms with Crippen LogP contribution in [0.15, 0.2) is 85.2 Å². The Balaban J connectivity index is 1.71. The Kier molecular flexibility index (Phi) is 3.52. The molecule has 0 aliphatic carbocycles. The Morgan fingerprint density at radius 2 is 1.54 bits per heavy atom. The SMILES string of the molecule is CC1(c2ccccc2)Cc2c(c3c(=O)oc(-c4ccccc4)cc3oc2=O)O1. The molecule has 5 nitrogen and oxygen atoms in total. The number of ether oxygens (including phenoxy) is 1. The van der Waals surface area contributed by atoms with Crippen LogP contribution in [0.2, 0.25) is 0 Å². The molecule has 5 rings (SSSR count). The van der Waals surface area contributed by atoms with E-state index in [4.69, 9.17) is 13.6 Å². The van der Waals surface area contributed by atoms with Gasteiger partial charge < -0.3 is 13.6 Å². The maximum absolute atomic E-state index is 12.8. The smallest absolute Gasteiger partial charge is 0.351 e. The first-order chi connectivity index (χ1) is 13.5. The molecule has 1 atom stereocenters. The summed E-state index contributed by atoms with van der Waals surface area (Å²) in [6.07, 6.45) is 0.324. The predicted octanol–water partition coefficient (Wildman–Crippen LogP) is 4.26. The van der Waals surface area contributed by atoms with Crippen LogP contribution in [-0.2, 0) is 12.0 Å². The highest BCUT2D eigenvalue weighted by atomic mass is 16.5. The van der Waals surface area contributed by atoms with Gasteiger partial charge >= 0.3 is 11.3 Å². The number of hydrogen-bond donors (Lipinski definition) is 0. The van der Waals surface area contributed by atoms with Crippen molar-refractivity contribution >= 4 is 11.0 Å². The molecule has 28 heavy (non-hydrogen) atoms. The molecule has 0 saturated heterocycles. The van der Waals surface area contributed by atoms with E-state index in [9.17, 15) is 9.59 Å². The molecule has 1 aliphatic heterocycles. The third-order valence-electron chi connectivity index (χ3n) is 5.15. The molecule has 4 aromatic rings. The highest BCUT2D eigenvalue weighted by molar-refractivity contribution is 5.86. The molecule has 138 valence electrons. The van der Waals surface area contributed by atoms with Crippen LogP contribution in [0.3, 0.4) is 0 Å². The minimum Gasteiger partial charge on any atom is -0.481 e. The van der Waals surface area contributed by atoms with Crippen LogP contribution in [-0.4, -0.2) is 0 Å². The molecule has 1 unspecified atom stereocenters. The lowest BCUT2D eigenvalue weighted by Gasteiger charge is -2.24. The fraction of sp³-hybridized carbons (Fsp3) is 0.130. The summed E-state index contributed by atoms with van der Waals surface area (Å²) in [6, 6.07) is 20.4. The fourth-order valence-electron chi connectivity index (χ4n) is 3.72. The minimum atomic E-state index is -0.753. The zero-order chi connectivity index (χ0) is 19.3. The van der Waals surface area contributed by atoms with Crippen LogP contribution >= 0.6 is 0 Å². The molecule has 2 aromatic carbocycles. The first kappa shape index (κ1) is 16.6. The fourth-order valence-corrected chi connectivity index (χ4v) is 3.72. The number of benzene rings is 2. The molecule has 0 radical (unpaired) electrons. The van der Waals surface area contributed by atoms with Gasteiger partial charge in [0.05, 0.1) is 5.56 Å². The van der Waals surface area contributed by atoms with Crippen molar-refractivity contribution in [3.63, 3.8) is 0 Å². The third kappa shape index (κ3) is 2.47. The normalized spacial score (nSPS) is 18.0. The molecule has 0 spiro atoms. The molecule has 2 aromatic heterocycles. The summed E-state index contributed by atoms with van der Waals surface area (Å²) in [5, 5.41) is 0.161. The minimum absolute atomic E-state index is 0.161. The zero-order valence-corrected chi connectivity index (χ0v) is 15.1. The van der Waals surface area contributed by atoms with Gasteiger partial charge in [0.25, 0.3) is 0 Å². The van der Waals surface area contributed by atoms with E-state index in [1.165, 1.54) is 0 Å². The van der Waals surface area contributed by atoms with Crippen molar-refractivity contribution in [3.05, 3.63) is 98.7 Å². The van der Waals surface area contributed by atoms with Crippen molar-refractivity contribution in [1.82, 2.24) is 0 Å². The summed E-state index contributed by atoms with van der Waals surface area (Å²) >= 11 is 0. The summed E-state index contributed by atoms with van der Waals surface area (Å²) in [5.41, 5.74) is 0.329. The van der Waals surface area contributed by atoms with Crippen molar-refractivity contribution in [2.45, 2.75) is 18.9 Å². The number of fused-ring (bicyclic) bond motifs is 3. The quantitative estimate of drug-likeness (QED) is 0.526. The maximum atomic E-state index is 12.8. The molecular formula is C23H16O5. The lowest BCUT2D eigenvalue weighted by molar-refractivity contribution is 0.117.